The molecular formula is C16H24N2O4. The minimum Gasteiger partial charge on any atom is -0.503 e. The first-order valence-electron chi connectivity index (χ1n) is 7.93. The van der Waals surface area contributed by atoms with Gasteiger partial charge in [-0.1, -0.05) is 12.8 Å². The zero-order valence-electron chi connectivity index (χ0n) is 12.8. The largest absolute Gasteiger partial charge is 0.503 e. The van der Waals surface area contributed by atoms with Gasteiger partial charge in [-0.25, -0.2) is 0 Å². The Morgan fingerprint density at radius 1 is 1.18 bits per heavy atom. The summed E-state index contributed by atoms with van der Waals surface area (Å²) < 4.78 is 1.81. The lowest BCUT2D eigenvalue weighted by atomic mass is 10.2. The molecule has 122 valence electrons. The second-order valence-corrected chi connectivity index (χ2v) is 5.90. The van der Waals surface area contributed by atoms with Gasteiger partial charge in [0.25, 0.3) is 0 Å². The van der Waals surface area contributed by atoms with Crippen LogP contribution in [0, 0.1) is 0 Å². The Bertz CT molecular complexity index is 560. The number of rotatable bonds is 6. The second kappa shape index (κ2) is 7.98. The van der Waals surface area contributed by atoms with Crippen LogP contribution in [0.5, 0.6) is 5.75 Å². The number of aryl methyl sites for hydroxylation is 1. The van der Waals surface area contributed by atoms with E-state index < -0.39 is 5.97 Å². The summed E-state index contributed by atoms with van der Waals surface area (Å²) in [5.41, 5.74) is 0.467. The summed E-state index contributed by atoms with van der Waals surface area (Å²) in [6, 6.07) is 1.47. The van der Waals surface area contributed by atoms with Gasteiger partial charge in [0.15, 0.2) is 5.75 Å². The number of aliphatic carboxylic acids is 1. The van der Waals surface area contributed by atoms with Crippen molar-refractivity contribution in [3.05, 3.63) is 28.2 Å². The first-order valence-corrected chi connectivity index (χ1v) is 7.93. The van der Waals surface area contributed by atoms with Gasteiger partial charge in [0.2, 0.25) is 5.43 Å². The van der Waals surface area contributed by atoms with Crippen molar-refractivity contribution in [3.8, 4) is 5.75 Å². The molecule has 1 fully saturated rings. The number of aromatic nitrogens is 1. The number of likely N-dealkylation sites (tertiary alicyclic amines) is 1. The maximum absolute atomic E-state index is 11.7. The minimum atomic E-state index is -0.834. The van der Waals surface area contributed by atoms with Gasteiger partial charge in [-0.3, -0.25) is 14.5 Å². The Morgan fingerprint density at radius 2 is 1.86 bits per heavy atom. The maximum atomic E-state index is 11.7. The monoisotopic (exact) mass is 308 g/mol. The third-order valence-electron chi connectivity index (χ3n) is 4.07. The lowest BCUT2D eigenvalue weighted by Gasteiger charge is -2.22. The number of carboxylic acid groups (broad SMARTS) is 1. The zero-order valence-corrected chi connectivity index (χ0v) is 12.8. The molecule has 0 amide bonds. The lowest BCUT2D eigenvalue weighted by molar-refractivity contribution is -0.137. The summed E-state index contributed by atoms with van der Waals surface area (Å²) in [5, 5.41) is 18.4. The standard InChI is InChI=1S/C16H24N2O4/c19-14-10-13(11-17-7-3-1-2-4-8-17)18(12-15(14)20)9-5-6-16(21)22/h10,12,20H,1-9,11H2,(H,21,22). The van der Waals surface area contributed by atoms with Crippen LogP contribution in [-0.2, 0) is 17.9 Å². The van der Waals surface area contributed by atoms with Crippen molar-refractivity contribution >= 4 is 5.97 Å². The van der Waals surface area contributed by atoms with E-state index in [1.807, 2.05) is 4.57 Å². The number of carboxylic acids is 1. The van der Waals surface area contributed by atoms with Crippen LogP contribution in [-0.4, -0.2) is 38.7 Å². The topological polar surface area (TPSA) is 82.8 Å². The fourth-order valence-electron chi connectivity index (χ4n) is 2.87. The van der Waals surface area contributed by atoms with Crippen molar-refractivity contribution in [1.29, 1.82) is 0 Å². The summed E-state index contributed by atoms with van der Waals surface area (Å²) in [6.45, 7) is 3.19. The quantitative estimate of drug-likeness (QED) is 0.837. The molecule has 2 rings (SSSR count). The smallest absolute Gasteiger partial charge is 0.303 e. The van der Waals surface area contributed by atoms with Crippen molar-refractivity contribution in [2.75, 3.05) is 13.1 Å². The fourth-order valence-corrected chi connectivity index (χ4v) is 2.87. The van der Waals surface area contributed by atoms with Crippen LogP contribution in [0.2, 0.25) is 0 Å². The molecule has 0 aliphatic carbocycles. The normalized spacial score (nSPS) is 16.4. The first-order chi connectivity index (χ1) is 10.6. The van der Waals surface area contributed by atoms with Gasteiger partial charge < -0.3 is 14.8 Å². The number of nitrogens with zero attached hydrogens (tertiary/aromatic N) is 2. The van der Waals surface area contributed by atoms with Crippen molar-refractivity contribution in [1.82, 2.24) is 9.47 Å². The molecule has 0 atom stereocenters. The molecule has 0 unspecified atom stereocenters. The molecule has 0 spiro atoms. The molecule has 1 saturated heterocycles. The van der Waals surface area contributed by atoms with E-state index in [4.69, 9.17) is 5.11 Å². The van der Waals surface area contributed by atoms with Crippen LogP contribution < -0.4 is 5.43 Å². The summed E-state index contributed by atoms with van der Waals surface area (Å²) in [4.78, 5) is 24.7. The van der Waals surface area contributed by atoms with Crippen molar-refractivity contribution in [3.63, 3.8) is 0 Å². The second-order valence-electron chi connectivity index (χ2n) is 5.90. The van der Waals surface area contributed by atoms with Gasteiger partial charge in [0.1, 0.15) is 0 Å². The molecular weight excluding hydrogens is 284 g/mol. The van der Waals surface area contributed by atoms with Crippen molar-refractivity contribution < 1.29 is 15.0 Å². The first kappa shape index (κ1) is 16.5. The van der Waals surface area contributed by atoms with E-state index in [-0.39, 0.29) is 17.6 Å². The van der Waals surface area contributed by atoms with Crippen LogP contribution in [0.25, 0.3) is 0 Å². The molecule has 22 heavy (non-hydrogen) atoms. The van der Waals surface area contributed by atoms with Gasteiger partial charge in [0.05, 0.1) is 6.20 Å². The van der Waals surface area contributed by atoms with Crippen molar-refractivity contribution in [2.24, 2.45) is 0 Å². The Kier molecular flexibility index (Phi) is 6.00. The summed E-state index contributed by atoms with van der Waals surface area (Å²) in [7, 11) is 0. The predicted octanol–water partition coefficient (Wildman–Crippen LogP) is 1.79. The van der Waals surface area contributed by atoms with E-state index in [1.165, 1.54) is 37.9 Å². The molecule has 0 bridgehead atoms. The molecule has 0 radical (unpaired) electrons. The lowest BCUT2D eigenvalue weighted by Crippen LogP contribution is -2.27. The zero-order chi connectivity index (χ0) is 15.9. The number of carbonyl (C=O) groups is 1. The molecule has 2 N–H and O–H groups in total. The predicted molar refractivity (Wildman–Crippen MR) is 83.0 cm³/mol. The SMILES string of the molecule is O=C(O)CCCn1cc(O)c(=O)cc1CN1CCCCCC1. The summed E-state index contributed by atoms with van der Waals surface area (Å²) >= 11 is 0. The summed E-state index contributed by atoms with van der Waals surface area (Å²) in [6.07, 6.45) is 6.82. The van der Waals surface area contributed by atoms with Crippen LogP contribution in [0.4, 0.5) is 0 Å². The van der Waals surface area contributed by atoms with E-state index >= 15 is 0 Å². The van der Waals surface area contributed by atoms with Crippen LogP contribution >= 0.6 is 0 Å². The highest BCUT2D eigenvalue weighted by atomic mass is 16.4. The average Bonchev–Trinajstić information content (AvgIpc) is 2.72. The highest BCUT2D eigenvalue weighted by Crippen LogP contribution is 2.14. The fraction of sp³-hybridized carbons (Fsp3) is 0.625. The molecule has 6 nitrogen and oxygen atoms in total. The molecule has 1 aliphatic heterocycles. The Balaban J connectivity index is 2.11. The van der Waals surface area contributed by atoms with Gasteiger partial charge in [-0.2, -0.15) is 0 Å². The van der Waals surface area contributed by atoms with E-state index in [2.05, 4.69) is 4.90 Å². The van der Waals surface area contributed by atoms with Crippen LogP contribution in [0.3, 0.4) is 0 Å². The van der Waals surface area contributed by atoms with Crippen LogP contribution in [0.15, 0.2) is 17.1 Å². The molecule has 6 heteroatoms. The third kappa shape index (κ3) is 4.87. The highest BCUT2D eigenvalue weighted by Gasteiger charge is 2.13. The average molecular weight is 308 g/mol. The maximum Gasteiger partial charge on any atom is 0.303 e. The molecule has 1 aromatic heterocycles. The van der Waals surface area contributed by atoms with Gasteiger partial charge in [0, 0.05) is 31.3 Å². The minimum absolute atomic E-state index is 0.0794. The number of hydrogen-bond acceptors (Lipinski definition) is 4. The van der Waals surface area contributed by atoms with E-state index in [1.54, 1.807) is 0 Å². The highest BCUT2D eigenvalue weighted by molar-refractivity contribution is 5.66. The van der Waals surface area contributed by atoms with Gasteiger partial charge in [-0.05, 0) is 32.4 Å². The van der Waals surface area contributed by atoms with E-state index in [0.717, 1.165) is 18.8 Å². The number of aromatic hydroxyl groups is 1. The van der Waals surface area contributed by atoms with E-state index in [0.29, 0.717) is 19.5 Å². The third-order valence-corrected chi connectivity index (χ3v) is 4.07. The Hall–Kier alpha value is -1.82. The number of pyridine rings is 1. The molecule has 1 aromatic rings. The summed E-state index contributed by atoms with van der Waals surface area (Å²) in [5.74, 6) is -1.12. The molecule has 0 saturated carbocycles. The molecule has 2 heterocycles. The Morgan fingerprint density at radius 3 is 2.50 bits per heavy atom. The van der Waals surface area contributed by atoms with Crippen LogP contribution in [0.1, 0.15) is 44.2 Å². The number of hydrogen-bond donors (Lipinski definition) is 2. The molecule has 0 aromatic carbocycles. The molecule has 1 aliphatic rings. The van der Waals surface area contributed by atoms with Crippen molar-refractivity contribution in [2.45, 2.75) is 51.6 Å². The van der Waals surface area contributed by atoms with E-state index in [9.17, 15) is 14.7 Å². The Labute approximate surface area is 130 Å². The van der Waals surface area contributed by atoms with Gasteiger partial charge >= 0.3 is 5.97 Å². The van der Waals surface area contributed by atoms with Gasteiger partial charge in [-0.15, -0.1) is 0 Å².